The lowest BCUT2D eigenvalue weighted by atomic mass is 10.1. The summed E-state index contributed by atoms with van der Waals surface area (Å²) in [6.45, 7) is 3.16. The molecule has 2 saturated heterocycles. The molecule has 2 nitrogen and oxygen atoms in total. The Kier molecular flexibility index (Phi) is 2.34. The first-order valence-corrected chi connectivity index (χ1v) is 4.80. The molecule has 0 amide bonds. The van der Waals surface area contributed by atoms with E-state index < -0.39 is 0 Å². The summed E-state index contributed by atoms with van der Waals surface area (Å²) in [6, 6.07) is 1.49. The van der Waals surface area contributed by atoms with E-state index in [4.69, 9.17) is 6.42 Å². The van der Waals surface area contributed by atoms with Crippen molar-refractivity contribution in [2.24, 2.45) is 0 Å². The lowest BCUT2D eigenvalue weighted by Gasteiger charge is -2.21. The van der Waals surface area contributed by atoms with Gasteiger partial charge in [-0.05, 0) is 19.3 Å². The lowest BCUT2D eigenvalue weighted by Crippen LogP contribution is -2.35. The molecular formula is C10H16N2. The van der Waals surface area contributed by atoms with Crippen LogP contribution in [0.1, 0.15) is 19.3 Å². The van der Waals surface area contributed by atoms with Crippen LogP contribution in [0, 0.1) is 12.3 Å². The summed E-state index contributed by atoms with van der Waals surface area (Å²) >= 11 is 0. The molecule has 0 radical (unpaired) electrons. The Balaban J connectivity index is 1.92. The SMILES string of the molecule is C#CCN1CCC2CCC(C1)N2. The topological polar surface area (TPSA) is 15.3 Å². The van der Waals surface area contributed by atoms with E-state index in [9.17, 15) is 0 Å². The van der Waals surface area contributed by atoms with Crippen molar-refractivity contribution in [1.82, 2.24) is 10.2 Å². The zero-order valence-corrected chi connectivity index (χ0v) is 7.42. The summed E-state index contributed by atoms with van der Waals surface area (Å²) in [5, 5.41) is 3.63. The van der Waals surface area contributed by atoms with Gasteiger partial charge in [0.2, 0.25) is 0 Å². The molecule has 0 spiro atoms. The Hall–Kier alpha value is -0.520. The number of nitrogens with zero attached hydrogens (tertiary/aromatic N) is 1. The van der Waals surface area contributed by atoms with Crippen LogP contribution in [0.25, 0.3) is 0 Å². The second-order valence-electron chi connectivity index (χ2n) is 3.87. The van der Waals surface area contributed by atoms with Crippen LogP contribution in [-0.2, 0) is 0 Å². The van der Waals surface area contributed by atoms with E-state index in [0.717, 1.165) is 19.1 Å². The molecule has 66 valence electrons. The average Bonchev–Trinajstić information content (AvgIpc) is 2.37. The molecule has 2 heteroatoms. The van der Waals surface area contributed by atoms with Gasteiger partial charge in [-0.15, -0.1) is 6.42 Å². The second-order valence-corrected chi connectivity index (χ2v) is 3.87. The van der Waals surface area contributed by atoms with Gasteiger partial charge in [-0.1, -0.05) is 5.92 Å². The van der Waals surface area contributed by atoms with E-state index in [0.29, 0.717) is 6.04 Å². The first-order valence-electron chi connectivity index (χ1n) is 4.80. The highest BCUT2D eigenvalue weighted by Gasteiger charge is 2.28. The van der Waals surface area contributed by atoms with Crippen LogP contribution in [0.2, 0.25) is 0 Å². The summed E-state index contributed by atoms with van der Waals surface area (Å²) in [7, 11) is 0. The van der Waals surface area contributed by atoms with Crippen molar-refractivity contribution in [2.45, 2.75) is 31.3 Å². The minimum absolute atomic E-state index is 0.714. The molecule has 2 unspecified atom stereocenters. The zero-order valence-electron chi connectivity index (χ0n) is 7.42. The van der Waals surface area contributed by atoms with Gasteiger partial charge >= 0.3 is 0 Å². The van der Waals surface area contributed by atoms with Gasteiger partial charge in [0.05, 0.1) is 6.54 Å². The number of rotatable bonds is 1. The second kappa shape index (κ2) is 3.47. The molecule has 2 atom stereocenters. The summed E-state index contributed by atoms with van der Waals surface area (Å²) in [5.41, 5.74) is 0. The van der Waals surface area contributed by atoms with Gasteiger partial charge < -0.3 is 5.32 Å². The summed E-state index contributed by atoms with van der Waals surface area (Å²) in [6.07, 6.45) is 9.28. The van der Waals surface area contributed by atoms with Crippen molar-refractivity contribution in [1.29, 1.82) is 0 Å². The highest BCUT2D eigenvalue weighted by atomic mass is 15.2. The summed E-state index contributed by atoms with van der Waals surface area (Å²) in [4.78, 5) is 2.39. The van der Waals surface area contributed by atoms with Crippen molar-refractivity contribution >= 4 is 0 Å². The van der Waals surface area contributed by atoms with E-state index >= 15 is 0 Å². The Morgan fingerprint density at radius 1 is 1.33 bits per heavy atom. The maximum Gasteiger partial charge on any atom is 0.0599 e. The van der Waals surface area contributed by atoms with Crippen LogP contribution in [0.15, 0.2) is 0 Å². The highest BCUT2D eigenvalue weighted by Crippen LogP contribution is 2.19. The van der Waals surface area contributed by atoms with Crippen molar-refractivity contribution in [3.05, 3.63) is 0 Å². The zero-order chi connectivity index (χ0) is 8.39. The van der Waals surface area contributed by atoms with Gasteiger partial charge in [0.1, 0.15) is 0 Å². The van der Waals surface area contributed by atoms with Gasteiger partial charge in [0, 0.05) is 25.2 Å². The van der Waals surface area contributed by atoms with E-state index in [-0.39, 0.29) is 0 Å². The smallest absolute Gasteiger partial charge is 0.0599 e. The van der Waals surface area contributed by atoms with Gasteiger partial charge in [0.25, 0.3) is 0 Å². The van der Waals surface area contributed by atoms with Crippen LogP contribution in [0.3, 0.4) is 0 Å². The standard InChI is InChI=1S/C10H16N2/c1-2-6-12-7-5-9-3-4-10(8-12)11-9/h1,9-11H,3-8H2. The molecule has 0 aromatic carbocycles. The Morgan fingerprint density at radius 2 is 2.17 bits per heavy atom. The quantitative estimate of drug-likeness (QED) is 0.566. The van der Waals surface area contributed by atoms with E-state index in [1.807, 2.05) is 0 Å². The molecule has 2 heterocycles. The normalized spacial score (nSPS) is 35.9. The van der Waals surface area contributed by atoms with Crippen LogP contribution in [0.5, 0.6) is 0 Å². The number of nitrogens with one attached hydrogen (secondary N) is 1. The minimum Gasteiger partial charge on any atom is -0.310 e. The molecule has 2 bridgehead atoms. The van der Waals surface area contributed by atoms with E-state index in [1.54, 1.807) is 0 Å². The number of fused-ring (bicyclic) bond motifs is 2. The van der Waals surface area contributed by atoms with Crippen LogP contribution >= 0.6 is 0 Å². The molecule has 2 fully saturated rings. The van der Waals surface area contributed by atoms with Gasteiger partial charge in [0.15, 0.2) is 0 Å². The van der Waals surface area contributed by atoms with Crippen molar-refractivity contribution in [3.63, 3.8) is 0 Å². The molecule has 2 rings (SSSR count). The van der Waals surface area contributed by atoms with Crippen molar-refractivity contribution < 1.29 is 0 Å². The van der Waals surface area contributed by atoms with Crippen LogP contribution < -0.4 is 5.32 Å². The third-order valence-corrected chi connectivity index (χ3v) is 2.92. The largest absolute Gasteiger partial charge is 0.310 e. The molecule has 1 N–H and O–H groups in total. The lowest BCUT2D eigenvalue weighted by molar-refractivity contribution is 0.289. The number of hydrogen-bond donors (Lipinski definition) is 1. The third-order valence-electron chi connectivity index (χ3n) is 2.92. The van der Waals surface area contributed by atoms with Crippen molar-refractivity contribution in [2.75, 3.05) is 19.6 Å². The molecule has 2 aliphatic rings. The maximum atomic E-state index is 5.30. The Morgan fingerprint density at radius 3 is 3.00 bits per heavy atom. The van der Waals surface area contributed by atoms with Gasteiger partial charge in [-0.2, -0.15) is 0 Å². The molecule has 12 heavy (non-hydrogen) atoms. The van der Waals surface area contributed by atoms with Crippen LogP contribution in [0.4, 0.5) is 0 Å². The monoisotopic (exact) mass is 164 g/mol. The first-order chi connectivity index (χ1) is 5.88. The molecular weight excluding hydrogens is 148 g/mol. The van der Waals surface area contributed by atoms with Crippen LogP contribution in [-0.4, -0.2) is 36.6 Å². The minimum atomic E-state index is 0.714. The third kappa shape index (κ3) is 1.63. The van der Waals surface area contributed by atoms with E-state index in [2.05, 4.69) is 16.1 Å². The highest BCUT2D eigenvalue weighted by molar-refractivity contribution is 4.94. The fraction of sp³-hybridized carbons (Fsp3) is 0.800. The molecule has 0 aromatic heterocycles. The number of hydrogen-bond acceptors (Lipinski definition) is 2. The van der Waals surface area contributed by atoms with E-state index in [1.165, 1.54) is 25.8 Å². The molecule has 0 aromatic rings. The summed E-state index contributed by atoms with van der Waals surface area (Å²) in [5.74, 6) is 2.72. The number of terminal acetylenes is 1. The predicted molar refractivity (Wildman–Crippen MR) is 49.8 cm³/mol. The predicted octanol–water partition coefficient (Wildman–Crippen LogP) is 0.446. The Bertz CT molecular complexity index is 195. The average molecular weight is 164 g/mol. The first kappa shape index (κ1) is 8.10. The fourth-order valence-corrected chi connectivity index (χ4v) is 2.29. The van der Waals surface area contributed by atoms with Gasteiger partial charge in [-0.25, -0.2) is 0 Å². The maximum absolute atomic E-state index is 5.30. The summed E-state index contributed by atoms with van der Waals surface area (Å²) < 4.78 is 0. The number of likely N-dealkylation sites (tertiary alicyclic amines) is 1. The van der Waals surface area contributed by atoms with Crippen molar-refractivity contribution in [3.8, 4) is 12.3 Å². The fourth-order valence-electron chi connectivity index (χ4n) is 2.29. The van der Waals surface area contributed by atoms with Gasteiger partial charge in [-0.3, -0.25) is 4.90 Å². The Labute approximate surface area is 74.3 Å². The molecule has 0 aliphatic carbocycles. The molecule has 0 saturated carbocycles. The molecule has 2 aliphatic heterocycles.